The number of thiophene rings is 1. The molecule has 2 nitrogen and oxygen atoms in total. The first kappa shape index (κ1) is 15.0. The summed E-state index contributed by atoms with van der Waals surface area (Å²) in [5, 5.41) is 5.75. The summed E-state index contributed by atoms with van der Waals surface area (Å²) in [5.41, 5.74) is 0.256. The molecule has 1 aromatic rings. The van der Waals surface area contributed by atoms with Crippen LogP contribution in [0.25, 0.3) is 0 Å². The zero-order valence-electron chi connectivity index (χ0n) is 12.6. The SMILES string of the molecule is CNC(CCc1cccs1)C(C)(C)N1CCCCC1. The molecule has 1 fully saturated rings. The molecular weight excluding hydrogens is 252 g/mol. The van der Waals surface area contributed by atoms with Crippen LogP contribution in [0.3, 0.4) is 0 Å². The Bertz CT molecular complexity index is 353. The fraction of sp³-hybridized carbons (Fsp3) is 0.750. The van der Waals surface area contributed by atoms with Gasteiger partial charge < -0.3 is 5.32 Å². The predicted molar refractivity (Wildman–Crippen MR) is 85.0 cm³/mol. The average molecular weight is 280 g/mol. The number of likely N-dealkylation sites (tertiary alicyclic amines) is 1. The predicted octanol–water partition coefficient (Wildman–Crippen LogP) is 3.53. The van der Waals surface area contributed by atoms with Gasteiger partial charge in [-0.3, -0.25) is 4.90 Å². The minimum Gasteiger partial charge on any atom is -0.315 e. The van der Waals surface area contributed by atoms with Crippen LogP contribution in [-0.2, 0) is 6.42 Å². The van der Waals surface area contributed by atoms with Gasteiger partial charge in [0.1, 0.15) is 0 Å². The number of likely N-dealkylation sites (N-methyl/N-ethyl adjacent to an activating group) is 1. The van der Waals surface area contributed by atoms with Gasteiger partial charge >= 0.3 is 0 Å². The zero-order valence-corrected chi connectivity index (χ0v) is 13.4. The van der Waals surface area contributed by atoms with Gasteiger partial charge in [-0.2, -0.15) is 0 Å². The van der Waals surface area contributed by atoms with Crippen LogP contribution in [-0.4, -0.2) is 36.6 Å². The maximum Gasteiger partial charge on any atom is 0.0306 e. The third-order valence-corrected chi connectivity index (χ3v) is 5.57. The highest BCUT2D eigenvalue weighted by Gasteiger charge is 2.34. The standard InChI is InChI=1S/C16H28N2S/c1-16(2,18-11-5-4-6-12-18)15(17-3)10-9-14-8-7-13-19-14/h7-8,13,15,17H,4-6,9-12H2,1-3H3. The van der Waals surface area contributed by atoms with E-state index in [9.17, 15) is 0 Å². The normalized spacial score (nSPS) is 19.5. The van der Waals surface area contributed by atoms with Crippen LogP contribution in [0.1, 0.15) is 44.4 Å². The maximum atomic E-state index is 3.57. The third-order valence-electron chi connectivity index (χ3n) is 4.63. The Labute approximate surface area is 122 Å². The molecule has 0 amide bonds. The minimum absolute atomic E-state index is 0.256. The molecule has 0 aromatic carbocycles. The van der Waals surface area contributed by atoms with Crippen molar-refractivity contribution in [3.8, 4) is 0 Å². The lowest BCUT2D eigenvalue weighted by Crippen LogP contribution is -2.58. The molecule has 1 aliphatic rings. The van der Waals surface area contributed by atoms with E-state index in [-0.39, 0.29) is 5.54 Å². The summed E-state index contributed by atoms with van der Waals surface area (Å²) in [6.45, 7) is 7.36. The molecule has 19 heavy (non-hydrogen) atoms. The Morgan fingerprint density at radius 1 is 1.32 bits per heavy atom. The van der Waals surface area contributed by atoms with Crippen LogP contribution in [0.5, 0.6) is 0 Å². The molecule has 1 atom stereocenters. The first-order valence-electron chi connectivity index (χ1n) is 7.59. The van der Waals surface area contributed by atoms with Crippen LogP contribution in [0.4, 0.5) is 0 Å². The summed E-state index contributed by atoms with van der Waals surface area (Å²) in [6, 6.07) is 4.97. The molecular formula is C16H28N2S. The first-order chi connectivity index (χ1) is 9.14. The van der Waals surface area contributed by atoms with Gasteiger partial charge in [-0.25, -0.2) is 0 Å². The molecule has 3 heteroatoms. The van der Waals surface area contributed by atoms with Crippen molar-refractivity contribution in [1.82, 2.24) is 10.2 Å². The molecule has 1 N–H and O–H groups in total. The van der Waals surface area contributed by atoms with Gasteiger partial charge in [0.25, 0.3) is 0 Å². The Balaban J connectivity index is 1.94. The lowest BCUT2D eigenvalue weighted by molar-refractivity contribution is 0.0609. The van der Waals surface area contributed by atoms with Crippen molar-refractivity contribution in [1.29, 1.82) is 0 Å². The van der Waals surface area contributed by atoms with E-state index < -0.39 is 0 Å². The molecule has 2 heterocycles. The zero-order chi connectivity index (χ0) is 13.7. The Kier molecular flexibility index (Phi) is 5.43. The summed E-state index contributed by atoms with van der Waals surface area (Å²) < 4.78 is 0. The highest BCUT2D eigenvalue weighted by molar-refractivity contribution is 7.09. The third kappa shape index (κ3) is 3.80. The van der Waals surface area contributed by atoms with Gasteiger partial charge in [0, 0.05) is 16.5 Å². The highest BCUT2D eigenvalue weighted by atomic mass is 32.1. The summed E-state index contributed by atoms with van der Waals surface area (Å²) in [6.07, 6.45) is 6.56. The van der Waals surface area contributed by atoms with Crippen LogP contribution in [0, 0.1) is 0 Å². The van der Waals surface area contributed by atoms with Crippen molar-refractivity contribution in [3.63, 3.8) is 0 Å². The Morgan fingerprint density at radius 3 is 2.63 bits per heavy atom. The van der Waals surface area contributed by atoms with Crippen LogP contribution in [0.2, 0.25) is 0 Å². The smallest absolute Gasteiger partial charge is 0.0306 e. The second kappa shape index (κ2) is 6.87. The molecule has 2 rings (SSSR count). The minimum atomic E-state index is 0.256. The quantitative estimate of drug-likeness (QED) is 0.857. The van der Waals surface area contributed by atoms with E-state index in [1.54, 1.807) is 0 Å². The largest absolute Gasteiger partial charge is 0.315 e. The van der Waals surface area contributed by atoms with E-state index >= 15 is 0 Å². The molecule has 108 valence electrons. The van der Waals surface area contributed by atoms with E-state index in [1.807, 2.05) is 11.3 Å². The number of nitrogens with zero attached hydrogens (tertiary/aromatic N) is 1. The molecule has 1 aromatic heterocycles. The highest BCUT2D eigenvalue weighted by Crippen LogP contribution is 2.26. The van der Waals surface area contributed by atoms with Crippen LogP contribution < -0.4 is 5.32 Å². The van der Waals surface area contributed by atoms with Crippen molar-refractivity contribution in [2.24, 2.45) is 0 Å². The summed E-state index contributed by atoms with van der Waals surface area (Å²) >= 11 is 1.88. The molecule has 0 aliphatic carbocycles. The number of hydrogen-bond acceptors (Lipinski definition) is 3. The molecule has 0 radical (unpaired) electrons. The molecule has 1 aliphatic heterocycles. The summed E-state index contributed by atoms with van der Waals surface area (Å²) in [7, 11) is 2.12. The molecule has 0 saturated carbocycles. The van der Waals surface area contributed by atoms with E-state index in [0.29, 0.717) is 6.04 Å². The Hall–Kier alpha value is -0.380. The van der Waals surface area contributed by atoms with Gasteiger partial charge in [-0.15, -0.1) is 11.3 Å². The topological polar surface area (TPSA) is 15.3 Å². The van der Waals surface area contributed by atoms with E-state index in [0.717, 1.165) is 0 Å². The van der Waals surface area contributed by atoms with Crippen molar-refractivity contribution >= 4 is 11.3 Å². The van der Waals surface area contributed by atoms with Crippen molar-refractivity contribution in [2.45, 2.75) is 57.5 Å². The van der Waals surface area contributed by atoms with Gasteiger partial charge in [-0.1, -0.05) is 12.5 Å². The lowest BCUT2D eigenvalue weighted by Gasteiger charge is -2.46. The fourth-order valence-corrected chi connectivity index (χ4v) is 4.01. The monoisotopic (exact) mass is 280 g/mol. The van der Waals surface area contributed by atoms with E-state index in [1.165, 1.54) is 50.1 Å². The second-order valence-corrected chi connectivity index (χ2v) is 7.19. The van der Waals surface area contributed by atoms with Crippen LogP contribution >= 0.6 is 11.3 Å². The number of nitrogens with one attached hydrogen (secondary N) is 1. The maximum absolute atomic E-state index is 3.57. The number of piperidine rings is 1. The molecule has 0 bridgehead atoms. The van der Waals surface area contributed by atoms with Crippen molar-refractivity contribution in [3.05, 3.63) is 22.4 Å². The summed E-state index contributed by atoms with van der Waals surface area (Å²) in [4.78, 5) is 4.20. The van der Waals surface area contributed by atoms with Gasteiger partial charge in [0.2, 0.25) is 0 Å². The number of hydrogen-bond donors (Lipinski definition) is 1. The molecule has 0 spiro atoms. The van der Waals surface area contributed by atoms with Gasteiger partial charge in [-0.05, 0) is 71.1 Å². The lowest BCUT2D eigenvalue weighted by atomic mass is 9.87. The number of aryl methyl sites for hydroxylation is 1. The van der Waals surface area contributed by atoms with Gasteiger partial charge in [0.05, 0.1) is 0 Å². The van der Waals surface area contributed by atoms with Crippen molar-refractivity contribution in [2.75, 3.05) is 20.1 Å². The Morgan fingerprint density at radius 2 is 2.05 bits per heavy atom. The first-order valence-corrected chi connectivity index (χ1v) is 8.47. The second-order valence-electron chi connectivity index (χ2n) is 6.16. The van der Waals surface area contributed by atoms with E-state index in [4.69, 9.17) is 0 Å². The van der Waals surface area contributed by atoms with E-state index in [2.05, 4.69) is 48.6 Å². The average Bonchev–Trinajstić information content (AvgIpc) is 2.93. The fourth-order valence-electron chi connectivity index (χ4n) is 3.28. The van der Waals surface area contributed by atoms with Gasteiger partial charge in [0.15, 0.2) is 0 Å². The molecule has 1 unspecified atom stereocenters. The molecule has 1 saturated heterocycles. The van der Waals surface area contributed by atoms with Crippen LogP contribution in [0.15, 0.2) is 17.5 Å². The summed E-state index contributed by atoms with van der Waals surface area (Å²) in [5.74, 6) is 0. The number of rotatable bonds is 6. The van der Waals surface area contributed by atoms with Crippen molar-refractivity contribution < 1.29 is 0 Å².